The lowest BCUT2D eigenvalue weighted by Gasteiger charge is -2.17. The van der Waals surface area contributed by atoms with E-state index in [1.165, 1.54) is 0 Å². The summed E-state index contributed by atoms with van der Waals surface area (Å²) in [5.41, 5.74) is 3.52. The van der Waals surface area contributed by atoms with Crippen LogP contribution >= 0.6 is 11.6 Å². The third kappa shape index (κ3) is 3.23. The number of aliphatic carboxylic acids is 1. The van der Waals surface area contributed by atoms with Gasteiger partial charge in [0.25, 0.3) is 5.91 Å². The Kier molecular flexibility index (Phi) is 5.10. The lowest BCUT2D eigenvalue weighted by atomic mass is 9.89. The first-order valence-electron chi connectivity index (χ1n) is 8.77. The highest BCUT2D eigenvalue weighted by molar-refractivity contribution is 6.30. The Hall–Kier alpha value is -2.27. The summed E-state index contributed by atoms with van der Waals surface area (Å²) in [5.74, 6) is -1.82. The predicted octanol–water partition coefficient (Wildman–Crippen LogP) is 3.72. The summed E-state index contributed by atoms with van der Waals surface area (Å²) >= 11 is 5.94. The molecule has 0 radical (unpaired) electrons. The molecule has 0 spiro atoms. The maximum Gasteiger partial charge on any atom is 0.308 e. The number of benzene rings is 1. The number of halogens is 1. The van der Waals surface area contributed by atoms with Crippen molar-refractivity contribution in [1.82, 2.24) is 9.47 Å². The minimum Gasteiger partial charge on any atom is -0.481 e. The molecule has 0 aliphatic carbocycles. The molecule has 1 N–H and O–H groups in total. The van der Waals surface area contributed by atoms with Gasteiger partial charge in [-0.25, -0.2) is 0 Å². The van der Waals surface area contributed by atoms with Crippen LogP contribution < -0.4 is 0 Å². The molecule has 5 nitrogen and oxygen atoms in total. The number of carbonyl (C=O) groups is 2. The lowest BCUT2D eigenvalue weighted by molar-refractivity contribution is -0.141. The number of aromatic nitrogens is 1. The molecule has 138 valence electrons. The highest BCUT2D eigenvalue weighted by atomic mass is 35.5. The lowest BCUT2D eigenvalue weighted by Crippen LogP contribution is -2.30. The van der Waals surface area contributed by atoms with Crippen molar-refractivity contribution in [3.63, 3.8) is 0 Å². The zero-order valence-corrected chi connectivity index (χ0v) is 16.0. The Balaban J connectivity index is 1.89. The Bertz CT molecular complexity index is 841. The molecule has 2 heterocycles. The number of hydrogen-bond donors (Lipinski definition) is 1. The molecule has 6 heteroatoms. The smallest absolute Gasteiger partial charge is 0.308 e. The SMILES string of the molecule is CCn1c(C)cc(C(=O)N2C[C@H](C(=O)O)[C@@H](c3ccc(Cl)cc3)C2)c1C. The van der Waals surface area contributed by atoms with Crippen molar-refractivity contribution in [1.29, 1.82) is 0 Å². The van der Waals surface area contributed by atoms with Crippen molar-refractivity contribution in [3.8, 4) is 0 Å². The Morgan fingerprint density at radius 1 is 1.19 bits per heavy atom. The standard InChI is InChI=1S/C20H23ClN2O3/c1-4-23-12(2)9-16(13(23)3)19(24)22-10-17(18(11-22)20(25)26)14-5-7-15(21)8-6-14/h5-9,17-18H,4,10-11H2,1-3H3,(H,25,26)/t17-,18+/m1/s1. The normalized spacial score (nSPS) is 19.8. The van der Waals surface area contributed by atoms with Crippen LogP contribution in [0.3, 0.4) is 0 Å². The Morgan fingerprint density at radius 2 is 1.85 bits per heavy atom. The molecule has 1 aromatic heterocycles. The highest BCUT2D eigenvalue weighted by Gasteiger charge is 2.41. The number of carboxylic acid groups (broad SMARTS) is 1. The first-order chi connectivity index (χ1) is 12.3. The van der Waals surface area contributed by atoms with Crippen LogP contribution in [0.4, 0.5) is 0 Å². The molecule has 1 fully saturated rings. The van der Waals surface area contributed by atoms with Gasteiger partial charge in [0.05, 0.1) is 11.5 Å². The fourth-order valence-electron chi connectivity index (χ4n) is 3.94. The number of aryl methyl sites for hydroxylation is 1. The molecule has 1 aliphatic rings. The summed E-state index contributed by atoms with van der Waals surface area (Å²) in [7, 11) is 0. The van der Waals surface area contributed by atoms with Crippen LogP contribution in [-0.2, 0) is 11.3 Å². The molecule has 0 saturated carbocycles. The summed E-state index contributed by atoms with van der Waals surface area (Å²) in [6, 6.07) is 9.11. The number of nitrogens with zero attached hydrogens (tertiary/aromatic N) is 2. The molecular formula is C20H23ClN2O3. The van der Waals surface area contributed by atoms with Crippen LogP contribution in [0.5, 0.6) is 0 Å². The van der Waals surface area contributed by atoms with Crippen LogP contribution in [-0.4, -0.2) is 39.5 Å². The van der Waals surface area contributed by atoms with Gasteiger partial charge < -0.3 is 14.6 Å². The first kappa shape index (κ1) is 18.5. The van der Waals surface area contributed by atoms with Gasteiger partial charge in [-0.05, 0) is 44.5 Å². The topological polar surface area (TPSA) is 62.5 Å². The maximum atomic E-state index is 13.0. The molecule has 2 aromatic rings. The average Bonchev–Trinajstić information content (AvgIpc) is 3.17. The van der Waals surface area contributed by atoms with E-state index in [4.69, 9.17) is 11.6 Å². The van der Waals surface area contributed by atoms with Gasteiger partial charge in [-0.2, -0.15) is 0 Å². The second-order valence-electron chi connectivity index (χ2n) is 6.84. The van der Waals surface area contributed by atoms with E-state index in [9.17, 15) is 14.7 Å². The number of hydrogen-bond acceptors (Lipinski definition) is 2. The fourth-order valence-corrected chi connectivity index (χ4v) is 4.07. The molecule has 1 saturated heterocycles. The van der Waals surface area contributed by atoms with Crippen LogP contribution in [0.25, 0.3) is 0 Å². The quantitative estimate of drug-likeness (QED) is 0.887. The van der Waals surface area contributed by atoms with Crippen LogP contribution in [0, 0.1) is 19.8 Å². The van der Waals surface area contributed by atoms with Gasteiger partial charge in [0.2, 0.25) is 0 Å². The van der Waals surface area contributed by atoms with Crippen molar-refractivity contribution in [2.45, 2.75) is 33.2 Å². The summed E-state index contributed by atoms with van der Waals surface area (Å²) in [4.78, 5) is 26.5. The number of rotatable bonds is 4. The van der Waals surface area contributed by atoms with Crippen LogP contribution in [0.2, 0.25) is 5.02 Å². The largest absolute Gasteiger partial charge is 0.481 e. The minimum absolute atomic E-state index is 0.0967. The number of carboxylic acids is 1. The number of amides is 1. The third-order valence-electron chi connectivity index (χ3n) is 5.34. The van der Waals surface area contributed by atoms with Crippen LogP contribution in [0.1, 0.15) is 40.2 Å². The van der Waals surface area contributed by atoms with Gasteiger partial charge >= 0.3 is 5.97 Å². The molecule has 0 unspecified atom stereocenters. The molecular weight excluding hydrogens is 352 g/mol. The van der Waals surface area contributed by atoms with E-state index in [-0.39, 0.29) is 18.4 Å². The van der Waals surface area contributed by atoms with E-state index in [0.29, 0.717) is 17.1 Å². The van der Waals surface area contributed by atoms with Gasteiger partial charge in [0.15, 0.2) is 0 Å². The van der Waals surface area contributed by atoms with Gasteiger partial charge in [-0.3, -0.25) is 9.59 Å². The fraction of sp³-hybridized carbons (Fsp3) is 0.400. The van der Waals surface area contributed by atoms with E-state index in [1.54, 1.807) is 17.0 Å². The molecule has 1 amide bonds. The molecule has 26 heavy (non-hydrogen) atoms. The molecule has 0 bridgehead atoms. The second kappa shape index (κ2) is 7.16. The summed E-state index contributed by atoms with van der Waals surface area (Å²) in [6.07, 6.45) is 0. The predicted molar refractivity (Wildman–Crippen MR) is 101 cm³/mol. The van der Waals surface area contributed by atoms with Crippen molar-refractivity contribution < 1.29 is 14.7 Å². The van der Waals surface area contributed by atoms with E-state index in [1.807, 2.05) is 39.0 Å². The van der Waals surface area contributed by atoms with Crippen molar-refractivity contribution >= 4 is 23.5 Å². The number of carbonyl (C=O) groups excluding carboxylic acids is 1. The summed E-state index contributed by atoms with van der Waals surface area (Å²) < 4.78 is 2.09. The van der Waals surface area contributed by atoms with Crippen molar-refractivity contribution in [3.05, 3.63) is 57.9 Å². The number of likely N-dealkylation sites (tertiary alicyclic amines) is 1. The zero-order valence-electron chi connectivity index (χ0n) is 15.2. The minimum atomic E-state index is -0.876. The van der Waals surface area contributed by atoms with Gasteiger partial charge in [0.1, 0.15) is 0 Å². The Labute approximate surface area is 158 Å². The molecule has 3 rings (SSSR count). The Morgan fingerprint density at radius 3 is 2.38 bits per heavy atom. The van der Waals surface area contributed by atoms with Crippen molar-refractivity contribution in [2.24, 2.45) is 5.92 Å². The molecule has 1 aromatic carbocycles. The first-order valence-corrected chi connectivity index (χ1v) is 9.15. The monoisotopic (exact) mass is 374 g/mol. The summed E-state index contributed by atoms with van der Waals surface area (Å²) in [5, 5.41) is 10.3. The van der Waals surface area contributed by atoms with Crippen LogP contribution in [0.15, 0.2) is 30.3 Å². The molecule has 2 atom stereocenters. The third-order valence-corrected chi connectivity index (χ3v) is 5.59. The second-order valence-corrected chi connectivity index (χ2v) is 7.28. The van der Waals surface area contributed by atoms with Gasteiger partial charge in [0, 0.05) is 42.0 Å². The van der Waals surface area contributed by atoms with Gasteiger partial charge in [-0.15, -0.1) is 0 Å². The van der Waals surface area contributed by atoms with Gasteiger partial charge in [-0.1, -0.05) is 23.7 Å². The highest BCUT2D eigenvalue weighted by Crippen LogP contribution is 2.34. The van der Waals surface area contributed by atoms with E-state index < -0.39 is 11.9 Å². The van der Waals surface area contributed by atoms with Crippen molar-refractivity contribution in [2.75, 3.05) is 13.1 Å². The summed E-state index contributed by atoms with van der Waals surface area (Å²) in [6.45, 7) is 7.38. The van der Waals surface area contributed by atoms with E-state index in [2.05, 4.69) is 4.57 Å². The van der Waals surface area contributed by atoms with E-state index in [0.717, 1.165) is 23.5 Å². The average molecular weight is 375 g/mol. The van der Waals surface area contributed by atoms with E-state index >= 15 is 0 Å². The molecule has 1 aliphatic heterocycles. The zero-order chi connectivity index (χ0) is 19.0. The maximum absolute atomic E-state index is 13.0.